The Morgan fingerprint density at radius 2 is 1.94 bits per heavy atom. The molecule has 0 aliphatic rings. The van der Waals surface area contributed by atoms with E-state index in [9.17, 15) is 22.7 Å². The Balaban J connectivity index is 2.49. The highest BCUT2D eigenvalue weighted by molar-refractivity contribution is 5.32. The standard InChI is InChI=1S/C10H11F4NO2/c11-7-1-2-8(16)6(3-7)4-15-5-9(17)10(12,13)14/h1-3,9,15-17H,4-5H2. The number of aromatic hydroxyl groups is 1. The molecule has 1 unspecified atom stereocenters. The van der Waals surface area contributed by atoms with Gasteiger partial charge in [0.15, 0.2) is 6.10 Å². The number of benzene rings is 1. The Bertz CT molecular complexity index is 381. The largest absolute Gasteiger partial charge is 0.508 e. The van der Waals surface area contributed by atoms with E-state index in [-0.39, 0.29) is 17.9 Å². The van der Waals surface area contributed by atoms with Crippen LogP contribution in [0.1, 0.15) is 5.56 Å². The van der Waals surface area contributed by atoms with Crippen molar-refractivity contribution >= 4 is 0 Å². The summed E-state index contributed by atoms with van der Waals surface area (Å²) in [6.45, 7) is -0.893. The Hall–Kier alpha value is -1.34. The van der Waals surface area contributed by atoms with Crippen LogP contribution in [0.3, 0.4) is 0 Å². The summed E-state index contributed by atoms with van der Waals surface area (Å²) in [5.41, 5.74) is 0.124. The first kappa shape index (κ1) is 13.7. The lowest BCUT2D eigenvalue weighted by molar-refractivity contribution is -0.201. The van der Waals surface area contributed by atoms with E-state index in [1.54, 1.807) is 0 Å². The van der Waals surface area contributed by atoms with Crippen LogP contribution in [-0.4, -0.2) is 29.0 Å². The zero-order valence-electron chi connectivity index (χ0n) is 8.63. The molecule has 3 nitrogen and oxygen atoms in total. The van der Waals surface area contributed by atoms with E-state index in [1.165, 1.54) is 0 Å². The minimum Gasteiger partial charge on any atom is -0.508 e. The minimum atomic E-state index is -4.70. The molecule has 0 aliphatic heterocycles. The number of rotatable bonds is 4. The Labute approximate surface area is 94.7 Å². The average molecular weight is 253 g/mol. The van der Waals surface area contributed by atoms with Gasteiger partial charge < -0.3 is 15.5 Å². The molecule has 7 heteroatoms. The first-order valence-corrected chi connectivity index (χ1v) is 4.73. The van der Waals surface area contributed by atoms with Crippen molar-refractivity contribution in [2.45, 2.75) is 18.8 Å². The molecule has 0 heterocycles. The summed E-state index contributed by atoms with van der Waals surface area (Å²) in [6, 6.07) is 3.14. The molecule has 1 atom stereocenters. The number of alkyl halides is 3. The first-order valence-electron chi connectivity index (χ1n) is 4.73. The van der Waals surface area contributed by atoms with Crippen molar-refractivity contribution in [2.24, 2.45) is 0 Å². The molecule has 1 aromatic rings. The highest BCUT2D eigenvalue weighted by atomic mass is 19.4. The molecule has 17 heavy (non-hydrogen) atoms. The molecule has 0 saturated carbocycles. The molecule has 0 saturated heterocycles. The fraction of sp³-hybridized carbons (Fsp3) is 0.400. The summed E-state index contributed by atoms with van der Waals surface area (Å²) in [6.07, 6.45) is -7.19. The highest BCUT2D eigenvalue weighted by Crippen LogP contribution is 2.20. The van der Waals surface area contributed by atoms with Gasteiger partial charge in [-0.25, -0.2) is 4.39 Å². The number of hydrogen-bond acceptors (Lipinski definition) is 3. The van der Waals surface area contributed by atoms with Gasteiger partial charge in [0.2, 0.25) is 0 Å². The number of aliphatic hydroxyl groups excluding tert-OH is 1. The molecule has 1 rings (SSSR count). The maximum Gasteiger partial charge on any atom is 0.415 e. The van der Waals surface area contributed by atoms with E-state index in [0.29, 0.717) is 0 Å². The Kier molecular flexibility index (Phi) is 4.30. The summed E-state index contributed by atoms with van der Waals surface area (Å²) in [4.78, 5) is 0. The fourth-order valence-electron chi connectivity index (χ4n) is 1.15. The number of phenolic OH excluding ortho intramolecular Hbond substituents is 1. The lowest BCUT2D eigenvalue weighted by Crippen LogP contribution is -2.38. The van der Waals surface area contributed by atoms with Crippen molar-refractivity contribution in [1.82, 2.24) is 5.32 Å². The molecule has 96 valence electrons. The predicted molar refractivity (Wildman–Crippen MR) is 51.8 cm³/mol. The first-order chi connectivity index (χ1) is 7.80. The third-order valence-corrected chi connectivity index (χ3v) is 2.07. The molecular weight excluding hydrogens is 242 g/mol. The van der Waals surface area contributed by atoms with Gasteiger partial charge in [0.05, 0.1) is 0 Å². The maximum atomic E-state index is 12.8. The van der Waals surface area contributed by atoms with Crippen LogP contribution in [0.5, 0.6) is 5.75 Å². The summed E-state index contributed by atoms with van der Waals surface area (Å²) in [5.74, 6) is -0.823. The third-order valence-electron chi connectivity index (χ3n) is 2.07. The SMILES string of the molecule is Oc1ccc(F)cc1CNCC(O)C(F)(F)F. The number of phenols is 1. The van der Waals surface area contributed by atoms with Gasteiger partial charge in [0, 0.05) is 18.7 Å². The van der Waals surface area contributed by atoms with Gasteiger partial charge in [0.1, 0.15) is 11.6 Å². The molecule has 1 aromatic carbocycles. The highest BCUT2D eigenvalue weighted by Gasteiger charge is 2.37. The summed E-state index contributed by atoms with van der Waals surface area (Å²) in [7, 11) is 0. The topological polar surface area (TPSA) is 52.5 Å². The monoisotopic (exact) mass is 253 g/mol. The van der Waals surface area contributed by atoms with Crippen LogP contribution in [-0.2, 0) is 6.54 Å². The van der Waals surface area contributed by atoms with Crippen LogP contribution >= 0.6 is 0 Å². The molecule has 0 fully saturated rings. The average Bonchev–Trinajstić information content (AvgIpc) is 2.21. The van der Waals surface area contributed by atoms with E-state index in [2.05, 4.69) is 5.32 Å². The lowest BCUT2D eigenvalue weighted by atomic mass is 10.2. The van der Waals surface area contributed by atoms with Gasteiger partial charge in [-0.2, -0.15) is 13.2 Å². The number of aliphatic hydroxyl groups is 1. The van der Waals surface area contributed by atoms with Crippen molar-refractivity contribution in [3.63, 3.8) is 0 Å². The Morgan fingerprint density at radius 1 is 1.29 bits per heavy atom. The normalized spacial score (nSPS) is 13.7. The van der Waals surface area contributed by atoms with E-state index < -0.39 is 24.6 Å². The third kappa shape index (κ3) is 4.20. The number of nitrogens with one attached hydrogen (secondary N) is 1. The quantitative estimate of drug-likeness (QED) is 0.713. The van der Waals surface area contributed by atoms with Crippen molar-refractivity contribution in [3.8, 4) is 5.75 Å². The molecule has 0 radical (unpaired) electrons. The van der Waals surface area contributed by atoms with Gasteiger partial charge in [-0.3, -0.25) is 0 Å². The van der Waals surface area contributed by atoms with E-state index >= 15 is 0 Å². The number of hydrogen-bond donors (Lipinski definition) is 3. The Morgan fingerprint density at radius 3 is 2.53 bits per heavy atom. The second-order valence-electron chi connectivity index (χ2n) is 3.46. The van der Waals surface area contributed by atoms with Gasteiger partial charge in [-0.1, -0.05) is 0 Å². The van der Waals surface area contributed by atoms with Gasteiger partial charge in [-0.15, -0.1) is 0 Å². The van der Waals surface area contributed by atoms with E-state index in [4.69, 9.17) is 5.11 Å². The van der Waals surface area contributed by atoms with Gasteiger partial charge in [-0.05, 0) is 18.2 Å². The second-order valence-corrected chi connectivity index (χ2v) is 3.46. The summed E-state index contributed by atoms with van der Waals surface area (Å²) < 4.78 is 48.5. The van der Waals surface area contributed by atoms with Crippen LogP contribution in [0, 0.1) is 5.82 Å². The minimum absolute atomic E-state index is 0.124. The van der Waals surface area contributed by atoms with E-state index in [0.717, 1.165) is 18.2 Å². The molecule has 3 N–H and O–H groups in total. The van der Waals surface area contributed by atoms with Crippen LogP contribution in [0.2, 0.25) is 0 Å². The van der Waals surface area contributed by atoms with E-state index in [1.807, 2.05) is 0 Å². The van der Waals surface area contributed by atoms with Crippen LogP contribution in [0.25, 0.3) is 0 Å². The molecule has 0 bridgehead atoms. The molecular formula is C10H11F4NO2. The van der Waals surface area contributed by atoms with Crippen molar-refractivity contribution in [3.05, 3.63) is 29.6 Å². The predicted octanol–water partition coefficient (Wildman–Crippen LogP) is 1.54. The van der Waals surface area contributed by atoms with Crippen molar-refractivity contribution in [2.75, 3.05) is 6.54 Å². The second kappa shape index (κ2) is 5.33. The smallest absolute Gasteiger partial charge is 0.415 e. The van der Waals surface area contributed by atoms with Crippen LogP contribution in [0.4, 0.5) is 17.6 Å². The van der Waals surface area contributed by atoms with Gasteiger partial charge >= 0.3 is 6.18 Å². The summed E-state index contributed by atoms with van der Waals surface area (Å²) in [5, 5.41) is 20.2. The molecule has 0 amide bonds. The zero-order valence-corrected chi connectivity index (χ0v) is 8.63. The van der Waals surface area contributed by atoms with Crippen molar-refractivity contribution in [1.29, 1.82) is 0 Å². The fourth-order valence-corrected chi connectivity index (χ4v) is 1.15. The van der Waals surface area contributed by atoms with Gasteiger partial charge in [0.25, 0.3) is 0 Å². The maximum absolute atomic E-state index is 12.8. The molecule has 0 aromatic heterocycles. The van der Waals surface area contributed by atoms with Crippen molar-refractivity contribution < 1.29 is 27.8 Å². The number of halogens is 4. The molecule has 0 aliphatic carbocycles. The lowest BCUT2D eigenvalue weighted by Gasteiger charge is -2.15. The van der Waals surface area contributed by atoms with Crippen LogP contribution in [0.15, 0.2) is 18.2 Å². The summed E-state index contributed by atoms with van der Waals surface area (Å²) >= 11 is 0. The molecule has 0 spiro atoms. The van der Waals surface area contributed by atoms with Crippen LogP contribution < -0.4 is 5.32 Å². The zero-order chi connectivity index (χ0) is 13.1.